The number of hydrogen-bond acceptors (Lipinski definition) is 9. The molecule has 11 heteroatoms. The molecule has 4 heterocycles. The first kappa shape index (κ1) is 28.2. The molecule has 0 radical (unpaired) electrons. The van der Waals surface area contributed by atoms with Crippen molar-refractivity contribution in [3.05, 3.63) is 58.3 Å². The Bertz CT molecular complexity index is 1370. The highest BCUT2D eigenvalue weighted by atomic mass is 35.5. The Morgan fingerprint density at radius 3 is 2.34 bits per heavy atom. The molecule has 2 aliphatic heterocycles. The Morgan fingerprint density at radius 1 is 1.02 bits per heavy atom. The summed E-state index contributed by atoms with van der Waals surface area (Å²) < 4.78 is 11.0. The monoisotopic (exact) mass is 596 g/mol. The Balaban J connectivity index is 1.18. The minimum Gasteiger partial charge on any atom is -0.469 e. The van der Waals surface area contributed by atoms with Gasteiger partial charge in [-0.1, -0.05) is 23.2 Å². The first-order valence-corrected chi connectivity index (χ1v) is 14.8. The molecule has 3 fully saturated rings. The van der Waals surface area contributed by atoms with Crippen molar-refractivity contribution in [1.29, 1.82) is 0 Å². The number of nitrogens with one attached hydrogen (secondary N) is 1. The number of carbonyl (C=O) groups excluding carboxylic acids is 1. The lowest BCUT2D eigenvalue weighted by Crippen LogP contribution is -2.34. The molecule has 2 aromatic heterocycles. The van der Waals surface area contributed by atoms with E-state index < -0.39 is 0 Å². The highest BCUT2D eigenvalue weighted by Crippen LogP contribution is 2.46. The van der Waals surface area contributed by atoms with E-state index in [2.05, 4.69) is 25.1 Å². The fourth-order valence-electron chi connectivity index (χ4n) is 6.24. The van der Waals surface area contributed by atoms with Crippen LogP contribution in [0.5, 0.6) is 11.6 Å². The SMILES string of the molecule is CNC1[C@H]2CN(c3ncc(Oc4cc(CN5CCC(CC(=O)OC)CC5)cc(-c5cc(Cl)cc(Cl)c5)n4)cn3)C[C@@H]12. The van der Waals surface area contributed by atoms with E-state index in [4.69, 9.17) is 37.7 Å². The predicted molar refractivity (Wildman–Crippen MR) is 158 cm³/mol. The number of pyridine rings is 1. The number of hydrogen-bond donors (Lipinski definition) is 1. The molecule has 41 heavy (non-hydrogen) atoms. The van der Waals surface area contributed by atoms with Crippen LogP contribution >= 0.6 is 23.2 Å². The lowest BCUT2D eigenvalue weighted by Gasteiger charge is -2.31. The maximum absolute atomic E-state index is 11.7. The van der Waals surface area contributed by atoms with Crippen LogP contribution in [-0.4, -0.2) is 72.2 Å². The minimum absolute atomic E-state index is 0.138. The fraction of sp³-hybridized carbons (Fsp3) is 0.467. The van der Waals surface area contributed by atoms with Crippen molar-refractivity contribution < 1.29 is 14.3 Å². The number of halogens is 2. The maximum atomic E-state index is 11.7. The van der Waals surface area contributed by atoms with Crippen LogP contribution < -0.4 is 15.0 Å². The van der Waals surface area contributed by atoms with Gasteiger partial charge in [0.25, 0.3) is 0 Å². The van der Waals surface area contributed by atoms with Crippen LogP contribution in [0.25, 0.3) is 11.3 Å². The second-order valence-corrected chi connectivity index (χ2v) is 12.1. The third-order valence-corrected chi connectivity index (χ3v) is 8.90. The van der Waals surface area contributed by atoms with Crippen molar-refractivity contribution in [2.45, 2.75) is 31.8 Å². The number of anilines is 1. The first-order valence-electron chi connectivity index (χ1n) is 14.1. The highest BCUT2D eigenvalue weighted by molar-refractivity contribution is 6.35. The number of likely N-dealkylation sites (tertiary alicyclic amines) is 1. The standard InChI is InChI=1S/C30H34Cl2N6O3/c1-33-29-24-16-38(17-25(24)29)30-34-13-23(14-35-30)41-27-8-19(7-26(36-27)20-10-21(31)12-22(32)11-20)15-37-5-3-18(4-6-37)9-28(39)40-2/h7-8,10-14,18,24-25,29,33H,3-6,9,15-17H2,1-2H3/t24-,25+,29?. The van der Waals surface area contributed by atoms with Crippen molar-refractivity contribution in [3.8, 4) is 22.9 Å². The topological polar surface area (TPSA) is 92.7 Å². The quantitative estimate of drug-likeness (QED) is 0.340. The van der Waals surface area contributed by atoms with Crippen LogP contribution in [0, 0.1) is 17.8 Å². The van der Waals surface area contributed by atoms with Crippen LogP contribution in [0.2, 0.25) is 10.0 Å². The number of piperidine rings is 2. The molecule has 1 saturated carbocycles. The first-order chi connectivity index (χ1) is 19.9. The molecular weight excluding hydrogens is 563 g/mol. The Labute approximate surface area is 250 Å². The number of ether oxygens (including phenoxy) is 2. The van der Waals surface area contributed by atoms with E-state index in [1.54, 1.807) is 18.5 Å². The molecule has 9 nitrogen and oxygen atoms in total. The van der Waals surface area contributed by atoms with Crippen molar-refractivity contribution >= 4 is 35.1 Å². The number of esters is 1. The zero-order valence-electron chi connectivity index (χ0n) is 23.2. The van der Waals surface area contributed by atoms with Crippen molar-refractivity contribution in [1.82, 2.24) is 25.2 Å². The van der Waals surface area contributed by atoms with Gasteiger partial charge in [-0.05, 0) is 80.6 Å². The molecule has 216 valence electrons. The summed E-state index contributed by atoms with van der Waals surface area (Å²) in [7, 11) is 3.47. The van der Waals surface area contributed by atoms with Gasteiger partial charge in [0.2, 0.25) is 11.8 Å². The molecule has 6 rings (SSSR count). The van der Waals surface area contributed by atoms with E-state index in [-0.39, 0.29) is 5.97 Å². The van der Waals surface area contributed by atoms with Gasteiger partial charge >= 0.3 is 5.97 Å². The smallest absolute Gasteiger partial charge is 0.305 e. The average Bonchev–Trinajstić information content (AvgIpc) is 3.43. The van der Waals surface area contributed by atoms with Gasteiger partial charge in [0.15, 0.2) is 5.75 Å². The molecule has 3 atom stereocenters. The lowest BCUT2D eigenvalue weighted by molar-refractivity contribution is -0.142. The average molecular weight is 598 g/mol. The highest BCUT2D eigenvalue weighted by Gasteiger charge is 2.55. The molecule has 1 aliphatic carbocycles. The second-order valence-electron chi connectivity index (χ2n) is 11.2. The summed E-state index contributed by atoms with van der Waals surface area (Å²) in [6, 6.07) is 10.0. The fourth-order valence-corrected chi connectivity index (χ4v) is 6.77. The molecule has 1 unspecified atom stereocenters. The zero-order chi connectivity index (χ0) is 28.5. The second kappa shape index (κ2) is 12.1. The van der Waals surface area contributed by atoms with Crippen LogP contribution in [-0.2, 0) is 16.1 Å². The summed E-state index contributed by atoms with van der Waals surface area (Å²) in [5, 5.41) is 4.47. The third-order valence-electron chi connectivity index (χ3n) is 8.46. The van der Waals surface area contributed by atoms with E-state index in [9.17, 15) is 4.79 Å². The Kier molecular flexibility index (Phi) is 8.30. The Hall–Kier alpha value is -2.98. The molecular formula is C30H34Cl2N6O3. The normalized spacial score (nSPS) is 22.4. The number of aromatic nitrogens is 3. The minimum atomic E-state index is -0.138. The predicted octanol–water partition coefficient (Wildman–Crippen LogP) is 5.07. The van der Waals surface area contributed by atoms with Gasteiger partial charge in [0, 0.05) is 53.8 Å². The van der Waals surface area contributed by atoms with Gasteiger partial charge in [-0.25, -0.2) is 15.0 Å². The summed E-state index contributed by atoms with van der Waals surface area (Å²) in [5.74, 6) is 3.29. The van der Waals surface area contributed by atoms with E-state index >= 15 is 0 Å². The van der Waals surface area contributed by atoms with Gasteiger partial charge in [-0.2, -0.15) is 0 Å². The maximum Gasteiger partial charge on any atom is 0.305 e. The molecule has 0 amide bonds. The van der Waals surface area contributed by atoms with Crippen molar-refractivity contribution in [2.24, 2.45) is 17.8 Å². The van der Waals surface area contributed by atoms with Crippen LogP contribution in [0.4, 0.5) is 5.95 Å². The van der Waals surface area contributed by atoms with E-state index in [1.807, 2.05) is 31.3 Å². The van der Waals surface area contributed by atoms with Gasteiger partial charge < -0.3 is 19.7 Å². The summed E-state index contributed by atoms with van der Waals surface area (Å²) in [6.45, 7) is 4.49. The Morgan fingerprint density at radius 2 is 1.71 bits per heavy atom. The van der Waals surface area contributed by atoms with Crippen molar-refractivity contribution in [3.63, 3.8) is 0 Å². The van der Waals surface area contributed by atoms with E-state index in [1.165, 1.54) is 7.11 Å². The van der Waals surface area contributed by atoms with E-state index in [0.29, 0.717) is 51.9 Å². The van der Waals surface area contributed by atoms with Crippen molar-refractivity contribution in [2.75, 3.05) is 45.2 Å². The molecule has 3 aromatic rings. The zero-order valence-corrected chi connectivity index (χ0v) is 24.7. The molecule has 1 aromatic carbocycles. The molecule has 0 spiro atoms. The van der Waals surface area contributed by atoms with E-state index in [0.717, 1.165) is 68.3 Å². The number of carbonyl (C=O) groups is 1. The summed E-state index contributed by atoms with van der Waals surface area (Å²) in [5.41, 5.74) is 2.58. The molecule has 2 saturated heterocycles. The number of methoxy groups -OCH3 is 1. The van der Waals surface area contributed by atoms with Gasteiger partial charge in [0.1, 0.15) is 0 Å². The number of fused-ring (bicyclic) bond motifs is 1. The number of benzene rings is 1. The number of nitrogens with zero attached hydrogens (tertiary/aromatic N) is 5. The summed E-state index contributed by atoms with van der Waals surface area (Å²) in [6.07, 6.45) is 5.81. The molecule has 3 aliphatic rings. The van der Waals surface area contributed by atoms with Gasteiger partial charge in [0.05, 0.1) is 25.2 Å². The summed E-state index contributed by atoms with van der Waals surface area (Å²) >= 11 is 12.6. The van der Waals surface area contributed by atoms with Crippen LogP contribution in [0.3, 0.4) is 0 Å². The third kappa shape index (κ3) is 6.59. The van der Waals surface area contributed by atoms with Gasteiger partial charge in [-0.3, -0.25) is 9.69 Å². The largest absolute Gasteiger partial charge is 0.469 e. The van der Waals surface area contributed by atoms with Gasteiger partial charge in [-0.15, -0.1) is 0 Å². The molecule has 1 N–H and O–H groups in total. The number of rotatable bonds is 9. The van der Waals surface area contributed by atoms with Crippen LogP contribution in [0.1, 0.15) is 24.8 Å². The lowest BCUT2D eigenvalue weighted by atomic mass is 9.93. The molecule has 0 bridgehead atoms. The summed E-state index contributed by atoms with van der Waals surface area (Å²) in [4.78, 5) is 30.3. The van der Waals surface area contributed by atoms with Crippen LogP contribution in [0.15, 0.2) is 42.7 Å².